The van der Waals surface area contributed by atoms with Crippen LogP contribution in [-0.4, -0.2) is 50.3 Å². The highest BCUT2D eigenvalue weighted by Gasteiger charge is 2.32. The van der Waals surface area contributed by atoms with E-state index in [1.807, 2.05) is 35.2 Å². The lowest BCUT2D eigenvalue weighted by molar-refractivity contribution is -0.133. The number of aromatic nitrogens is 2. The number of aryl methyl sites for hydroxylation is 1. The Morgan fingerprint density at radius 3 is 2.72 bits per heavy atom. The monoisotopic (exact) mass is 358 g/mol. The second-order valence-electron chi connectivity index (χ2n) is 6.26. The molecule has 1 atom stereocenters. The summed E-state index contributed by atoms with van der Waals surface area (Å²) in [6.45, 7) is 5.42. The molecule has 6 nitrogen and oxygen atoms in total. The van der Waals surface area contributed by atoms with E-state index in [0.29, 0.717) is 36.6 Å². The number of nitrogens with zero attached hydrogens (tertiary/aromatic N) is 4. The second-order valence-corrected chi connectivity index (χ2v) is 7.01. The Hall–Kier alpha value is -2.28. The predicted molar refractivity (Wildman–Crippen MR) is 96.2 cm³/mol. The third-order valence-electron chi connectivity index (χ3n) is 4.59. The van der Waals surface area contributed by atoms with Gasteiger partial charge in [0.25, 0.3) is 5.91 Å². The molecule has 1 unspecified atom stereocenters. The first kappa shape index (κ1) is 17.5. The number of benzene rings is 1. The fourth-order valence-corrected chi connectivity index (χ4v) is 3.75. The van der Waals surface area contributed by atoms with Crippen molar-refractivity contribution in [2.45, 2.75) is 39.3 Å². The van der Waals surface area contributed by atoms with Crippen LogP contribution in [0.1, 0.15) is 40.7 Å². The molecule has 132 valence electrons. The molecule has 0 spiro atoms. The van der Waals surface area contributed by atoms with E-state index in [1.54, 1.807) is 11.8 Å². The van der Waals surface area contributed by atoms with Crippen LogP contribution in [0.3, 0.4) is 0 Å². The van der Waals surface area contributed by atoms with Gasteiger partial charge in [0.05, 0.1) is 5.69 Å². The van der Waals surface area contributed by atoms with Gasteiger partial charge in [-0.15, -0.1) is 5.10 Å². The van der Waals surface area contributed by atoms with Crippen molar-refractivity contribution in [2.24, 2.45) is 0 Å². The summed E-state index contributed by atoms with van der Waals surface area (Å²) >= 11 is 1.12. The maximum atomic E-state index is 12.8. The third kappa shape index (κ3) is 3.87. The molecule has 2 amide bonds. The largest absolute Gasteiger partial charge is 0.335 e. The van der Waals surface area contributed by atoms with Gasteiger partial charge >= 0.3 is 0 Å². The molecule has 1 aromatic carbocycles. The smallest absolute Gasteiger partial charge is 0.267 e. The number of hydrogen-bond donors (Lipinski definition) is 0. The van der Waals surface area contributed by atoms with Crippen LogP contribution in [0.2, 0.25) is 0 Å². The van der Waals surface area contributed by atoms with Crippen molar-refractivity contribution in [3.63, 3.8) is 0 Å². The maximum Gasteiger partial charge on any atom is 0.267 e. The minimum atomic E-state index is -0.0692. The van der Waals surface area contributed by atoms with E-state index in [2.05, 4.69) is 16.5 Å². The normalized spacial score (nSPS) is 18.3. The van der Waals surface area contributed by atoms with Crippen molar-refractivity contribution in [1.29, 1.82) is 0 Å². The molecule has 1 fully saturated rings. The van der Waals surface area contributed by atoms with Gasteiger partial charge in [0.15, 0.2) is 0 Å². The Bertz CT molecular complexity index is 747. The van der Waals surface area contributed by atoms with Crippen molar-refractivity contribution < 1.29 is 9.59 Å². The molecule has 0 aliphatic carbocycles. The fourth-order valence-electron chi connectivity index (χ4n) is 3.12. The Labute approximate surface area is 151 Å². The van der Waals surface area contributed by atoms with Crippen LogP contribution in [0, 0.1) is 6.92 Å². The fraction of sp³-hybridized carbons (Fsp3) is 0.444. The van der Waals surface area contributed by atoms with Gasteiger partial charge in [-0.1, -0.05) is 41.7 Å². The van der Waals surface area contributed by atoms with E-state index >= 15 is 0 Å². The molecule has 0 radical (unpaired) electrons. The van der Waals surface area contributed by atoms with Crippen LogP contribution in [0.4, 0.5) is 0 Å². The van der Waals surface area contributed by atoms with E-state index in [0.717, 1.165) is 23.5 Å². The lowest BCUT2D eigenvalue weighted by Gasteiger charge is -2.31. The first-order chi connectivity index (χ1) is 12.1. The molecule has 0 bridgehead atoms. The highest BCUT2D eigenvalue weighted by molar-refractivity contribution is 7.07. The van der Waals surface area contributed by atoms with Gasteiger partial charge in [-0.2, -0.15) is 0 Å². The SMILES string of the molecule is CCC1CN(C(=O)c2snnc2C)CCC(=O)N1Cc1ccccc1. The molecule has 1 aliphatic rings. The van der Waals surface area contributed by atoms with Crippen molar-refractivity contribution in [2.75, 3.05) is 13.1 Å². The molecule has 3 rings (SSSR count). The molecule has 25 heavy (non-hydrogen) atoms. The highest BCUT2D eigenvalue weighted by Crippen LogP contribution is 2.21. The average molecular weight is 358 g/mol. The second kappa shape index (κ2) is 7.74. The zero-order chi connectivity index (χ0) is 17.8. The van der Waals surface area contributed by atoms with E-state index in [1.165, 1.54) is 0 Å². The van der Waals surface area contributed by atoms with E-state index in [-0.39, 0.29) is 17.9 Å². The average Bonchev–Trinajstić information content (AvgIpc) is 2.99. The quantitative estimate of drug-likeness (QED) is 0.842. The summed E-state index contributed by atoms with van der Waals surface area (Å²) in [4.78, 5) is 29.7. The van der Waals surface area contributed by atoms with Gasteiger partial charge in [0.1, 0.15) is 4.88 Å². The Morgan fingerprint density at radius 1 is 1.32 bits per heavy atom. The zero-order valence-electron chi connectivity index (χ0n) is 14.5. The third-order valence-corrected chi connectivity index (χ3v) is 5.40. The topological polar surface area (TPSA) is 66.4 Å². The number of hydrogen-bond acceptors (Lipinski definition) is 5. The number of carbonyl (C=O) groups excluding carboxylic acids is 2. The van der Waals surface area contributed by atoms with Crippen molar-refractivity contribution in [3.05, 3.63) is 46.5 Å². The van der Waals surface area contributed by atoms with Gasteiger partial charge < -0.3 is 9.80 Å². The molecule has 1 aliphatic heterocycles. The minimum absolute atomic E-state index is 0.0142. The van der Waals surface area contributed by atoms with Crippen LogP contribution in [0.5, 0.6) is 0 Å². The predicted octanol–water partition coefficient (Wildman–Crippen LogP) is 2.50. The van der Waals surface area contributed by atoms with Gasteiger partial charge in [-0.3, -0.25) is 9.59 Å². The number of rotatable bonds is 4. The molecule has 7 heteroatoms. The molecule has 1 saturated heterocycles. The van der Waals surface area contributed by atoms with Crippen LogP contribution in [-0.2, 0) is 11.3 Å². The van der Waals surface area contributed by atoms with Crippen LogP contribution < -0.4 is 0 Å². The number of carbonyl (C=O) groups is 2. The summed E-state index contributed by atoms with van der Waals surface area (Å²) in [5.74, 6) is 0.0328. The summed E-state index contributed by atoms with van der Waals surface area (Å²) in [5.41, 5.74) is 1.76. The summed E-state index contributed by atoms with van der Waals surface area (Å²) in [5, 5.41) is 3.92. The van der Waals surface area contributed by atoms with Gasteiger partial charge in [-0.05, 0) is 30.4 Å². The van der Waals surface area contributed by atoms with Crippen molar-refractivity contribution in [1.82, 2.24) is 19.4 Å². The maximum absolute atomic E-state index is 12.8. The van der Waals surface area contributed by atoms with Crippen LogP contribution in [0.15, 0.2) is 30.3 Å². The Balaban J connectivity index is 1.79. The first-order valence-electron chi connectivity index (χ1n) is 8.51. The minimum Gasteiger partial charge on any atom is -0.335 e. The highest BCUT2D eigenvalue weighted by atomic mass is 32.1. The van der Waals surface area contributed by atoms with Gasteiger partial charge in [-0.25, -0.2) is 0 Å². The summed E-state index contributed by atoms with van der Waals surface area (Å²) < 4.78 is 3.85. The summed E-state index contributed by atoms with van der Waals surface area (Å²) in [7, 11) is 0. The van der Waals surface area contributed by atoms with Crippen LogP contribution in [0.25, 0.3) is 0 Å². The molecule has 0 saturated carbocycles. The van der Waals surface area contributed by atoms with Gasteiger partial charge in [0, 0.05) is 32.1 Å². The molecular weight excluding hydrogens is 336 g/mol. The van der Waals surface area contributed by atoms with E-state index in [9.17, 15) is 9.59 Å². The molecule has 0 N–H and O–H groups in total. The van der Waals surface area contributed by atoms with Crippen LogP contribution >= 0.6 is 11.5 Å². The molecule has 2 aromatic rings. The summed E-state index contributed by atoms with van der Waals surface area (Å²) in [6, 6.07) is 10.00. The van der Waals surface area contributed by atoms with Crippen molar-refractivity contribution >= 4 is 23.3 Å². The lowest BCUT2D eigenvalue weighted by atomic mass is 10.1. The van der Waals surface area contributed by atoms with E-state index in [4.69, 9.17) is 0 Å². The molecule has 1 aromatic heterocycles. The standard InChI is InChI=1S/C18H22N4O2S/c1-3-15-12-21(18(24)17-13(2)19-20-25-17)10-9-16(23)22(15)11-14-7-5-4-6-8-14/h4-8,15H,3,9-12H2,1-2H3. The van der Waals surface area contributed by atoms with E-state index < -0.39 is 0 Å². The molecule has 2 heterocycles. The van der Waals surface area contributed by atoms with Crippen molar-refractivity contribution in [3.8, 4) is 0 Å². The number of amides is 2. The first-order valence-corrected chi connectivity index (χ1v) is 9.29. The molecular formula is C18H22N4O2S. The van der Waals surface area contributed by atoms with Gasteiger partial charge in [0.2, 0.25) is 5.91 Å². The Kier molecular flexibility index (Phi) is 5.43. The Morgan fingerprint density at radius 2 is 2.08 bits per heavy atom. The summed E-state index contributed by atoms with van der Waals surface area (Å²) in [6.07, 6.45) is 1.16. The lowest BCUT2D eigenvalue weighted by Crippen LogP contribution is -2.43. The zero-order valence-corrected chi connectivity index (χ0v) is 15.3.